The zero-order chi connectivity index (χ0) is 15.6. The highest BCUT2D eigenvalue weighted by atomic mass is 35.5. The van der Waals surface area contributed by atoms with Crippen LogP contribution in [-0.4, -0.2) is 27.5 Å². The van der Waals surface area contributed by atoms with Crippen LogP contribution in [0.3, 0.4) is 0 Å². The van der Waals surface area contributed by atoms with E-state index in [1.807, 2.05) is 5.38 Å². The van der Waals surface area contributed by atoms with Gasteiger partial charge in [-0.15, -0.1) is 11.3 Å². The zero-order valence-electron chi connectivity index (χ0n) is 11.8. The molecule has 0 spiro atoms. The van der Waals surface area contributed by atoms with Crippen molar-refractivity contribution in [2.45, 2.75) is 25.0 Å². The second-order valence-electron chi connectivity index (χ2n) is 5.12. The van der Waals surface area contributed by atoms with Crippen molar-refractivity contribution in [1.29, 1.82) is 0 Å². The highest BCUT2D eigenvalue weighted by Crippen LogP contribution is 2.40. The Hall–Kier alpha value is -1.47. The van der Waals surface area contributed by atoms with Crippen molar-refractivity contribution in [2.75, 3.05) is 11.6 Å². The van der Waals surface area contributed by atoms with Crippen molar-refractivity contribution >= 4 is 33.8 Å². The monoisotopic (exact) mass is 337 g/mol. The Morgan fingerprint density at radius 1 is 1.32 bits per heavy atom. The van der Waals surface area contributed by atoms with Gasteiger partial charge in [0, 0.05) is 40.9 Å². The van der Waals surface area contributed by atoms with Gasteiger partial charge in [-0.25, -0.2) is 9.99 Å². The van der Waals surface area contributed by atoms with Crippen molar-refractivity contribution in [2.24, 2.45) is 5.10 Å². The molecule has 0 amide bonds. The highest BCUT2D eigenvalue weighted by Gasteiger charge is 2.44. The largest absolute Gasteiger partial charge is 0.396 e. The predicted octanol–water partition coefficient (Wildman–Crippen LogP) is 2.98. The maximum Gasteiger partial charge on any atom is 0.208 e. The standard InChI is InChI=1S/C15H16ClN3O2S/c16-12-5-3-11(4-6-12)15(21)10-13(2-1-8-20)18-19(15)14-17-7-9-22-14/h3-7,9,20-21H,1-2,8,10H2. The van der Waals surface area contributed by atoms with Crippen LogP contribution in [0.25, 0.3) is 0 Å². The van der Waals surface area contributed by atoms with Gasteiger partial charge in [-0.3, -0.25) is 0 Å². The van der Waals surface area contributed by atoms with E-state index in [9.17, 15) is 5.11 Å². The van der Waals surface area contributed by atoms with Gasteiger partial charge >= 0.3 is 0 Å². The second kappa shape index (κ2) is 6.34. The summed E-state index contributed by atoms with van der Waals surface area (Å²) in [6.45, 7) is 0.107. The molecule has 0 radical (unpaired) electrons. The highest BCUT2D eigenvalue weighted by molar-refractivity contribution is 7.13. The summed E-state index contributed by atoms with van der Waals surface area (Å²) in [7, 11) is 0. The van der Waals surface area contributed by atoms with Gasteiger partial charge in [0.2, 0.25) is 5.13 Å². The lowest BCUT2D eigenvalue weighted by Crippen LogP contribution is -2.40. The maximum absolute atomic E-state index is 11.2. The van der Waals surface area contributed by atoms with Crippen LogP contribution in [0.5, 0.6) is 0 Å². The summed E-state index contributed by atoms with van der Waals surface area (Å²) in [6.07, 6.45) is 3.34. The first-order valence-corrected chi connectivity index (χ1v) is 8.24. The number of thiazole rings is 1. The smallest absolute Gasteiger partial charge is 0.208 e. The van der Waals surface area contributed by atoms with Gasteiger partial charge in [0.25, 0.3) is 0 Å². The van der Waals surface area contributed by atoms with E-state index in [-0.39, 0.29) is 6.61 Å². The van der Waals surface area contributed by atoms with E-state index in [1.54, 1.807) is 35.5 Å². The molecule has 2 N–H and O–H groups in total. The Morgan fingerprint density at radius 2 is 2.09 bits per heavy atom. The molecule has 3 rings (SSSR count). The molecule has 116 valence electrons. The third kappa shape index (κ3) is 2.87. The maximum atomic E-state index is 11.2. The van der Waals surface area contributed by atoms with E-state index in [4.69, 9.17) is 16.7 Å². The fourth-order valence-corrected chi connectivity index (χ4v) is 3.29. The number of anilines is 1. The molecule has 0 fully saturated rings. The van der Waals surface area contributed by atoms with Crippen LogP contribution >= 0.6 is 22.9 Å². The van der Waals surface area contributed by atoms with Gasteiger partial charge in [0.05, 0.1) is 0 Å². The number of nitrogens with zero attached hydrogens (tertiary/aromatic N) is 3. The molecule has 22 heavy (non-hydrogen) atoms. The summed E-state index contributed by atoms with van der Waals surface area (Å²) in [5.74, 6) is 0. The molecule has 2 aromatic rings. The first-order valence-electron chi connectivity index (χ1n) is 6.99. The molecular weight excluding hydrogens is 322 g/mol. The van der Waals surface area contributed by atoms with E-state index >= 15 is 0 Å². The fraction of sp³-hybridized carbons (Fsp3) is 0.333. The lowest BCUT2D eigenvalue weighted by Gasteiger charge is -2.31. The minimum absolute atomic E-state index is 0.107. The number of hydrogen-bond donors (Lipinski definition) is 2. The van der Waals surface area contributed by atoms with E-state index < -0.39 is 5.72 Å². The Morgan fingerprint density at radius 3 is 2.73 bits per heavy atom. The molecule has 0 saturated heterocycles. The number of aromatic nitrogens is 1. The zero-order valence-corrected chi connectivity index (χ0v) is 13.4. The molecule has 1 aromatic heterocycles. The summed E-state index contributed by atoms with van der Waals surface area (Å²) >= 11 is 7.35. The van der Waals surface area contributed by atoms with Crippen molar-refractivity contribution < 1.29 is 10.2 Å². The van der Waals surface area contributed by atoms with E-state index in [0.717, 1.165) is 11.3 Å². The molecule has 1 unspecified atom stereocenters. The number of aliphatic hydroxyl groups is 2. The predicted molar refractivity (Wildman–Crippen MR) is 88.3 cm³/mol. The second-order valence-corrected chi connectivity index (χ2v) is 6.43. The first-order chi connectivity index (χ1) is 10.6. The van der Waals surface area contributed by atoms with Crippen LogP contribution in [0.15, 0.2) is 40.9 Å². The SMILES string of the molecule is OCCCC1=NN(c2nccs2)C(O)(c2ccc(Cl)cc2)C1. The molecule has 1 atom stereocenters. The van der Waals surface area contributed by atoms with Crippen LogP contribution in [0.1, 0.15) is 24.8 Å². The normalized spacial score (nSPS) is 21.2. The molecule has 1 aliphatic heterocycles. The summed E-state index contributed by atoms with van der Waals surface area (Å²) in [5, 5.41) is 29.4. The van der Waals surface area contributed by atoms with Crippen LogP contribution in [0.2, 0.25) is 5.02 Å². The van der Waals surface area contributed by atoms with Gasteiger partial charge in [0.1, 0.15) is 0 Å². The molecule has 7 heteroatoms. The number of rotatable bonds is 5. The van der Waals surface area contributed by atoms with Crippen molar-refractivity contribution in [3.05, 3.63) is 46.4 Å². The Kier molecular flexibility index (Phi) is 4.44. The summed E-state index contributed by atoms with van der Waals surface area (Å²) in [6, 6.07) is 7.10. The third-order valence-corrected chi connectivity index (χ3v) is 4.57. The topological polar surface area (TPSA) is 69.0 Å². The Balaban J connectivity index is 1.96. The molecular formula is C15H16ClN3O2S. The van der Waals surface area contributed by atoms with Gasteiger partial charge in [-0.1, -0.05) is 23.7 Å². The number of aliphatic hydroxyl groups excluding tert-OH is 1. The molecule has 1 aliphatic rings. The minimum atomic E-state index is -1.27. The number of benzene rings is 1. The average Bonchev–Trinajstić information content (AvgIpc) is 3.14. The van der Waals surface area contributed by atoms with E-state index in [0.29, 0.717) is 29.4 Å². The van der Waals surface area contributed by atoms with Crippen molar-refractivity contribution in [3.8, 4) is 0 Å². The lowest BCUT2D eigenvalue weighted by molar-refractivity contribution is 0.0491. The average molecular weight is 338 g/mol. The molecule has 0 bridgehead atoms. The Labute approximate surface area is 137 Å². The van der Waals surface area contributed by atoms with Gasteiger partial charge in [0.15, 0.2) is 5.72 Å². The van der Waals surface area contributed by atoms with Crippen molar-refractivity contribution in [1.82, 2.24) is 4.98 Å². The van der Waals surface area contributed by atoms with E-state index in [1.165, 1.54) is 11.3 Å². The molecule has 5 nitrogen and oxygen atoms in total. The van der Waals surface area contributed by atoms with Gasteiger partial charge in [-0.2, -0.15) is 5.10 Å². The van der Waals surface area contributed by atoms with Gasteiger partial charge < -0.3 is 10.2 Å². The van der Waals surface area contributed by atoms with E-state index in [2.05, 4.69) is 10.1 Å². The third-order valence-electron chi connectivity index (χ3n) is 3.57. The summed E-state index contributed by atoms with van der Waals surface area (Å²) < 4.78 is 0. The summed E-state index contributed by atoms with van der Waals surface area (Å²) in [5.41, 5.74) is 0.296. The van der Waals surface area contributed by atoms with Crippen molar-refractivity contribution in [3.63, 3.8) is 0 Å². The summed E-state index contributed by atoms with van der Waals surface area (Å²) in [4.78, 5) is 4.25. The molecule has 2 heterocycles. The molecule has 0 saturated carbocycles. The number of halogens is 1. The molecule has 0 aliphatic carbocycles. The van der Waals surface area contributed by atoms with Crippen LogP contribution in [0.4, 0.5) is 5.13 Å². The van der Waals surface area contributed by atoms with Gasteiger partial charge in [-0.05, 0) is 25.0 Å². The quantitative estimate of drug-likeness (QED) is 0.880. The van der Waals surface area contributed by atoms with Crippen LogP contribution < -0.4 is 5.01 Å². The lowest BCUT2D eigenvalue weighted by atomic mass is 9.96. The minimum Gasteiger partial charge on any atom is -0.396 e. The number of hydrogen-bond acceptors (Lipinski definition) is 6. The van der Waals surface area contributed by atoms with Crippen LogP contribution in [0, 0.1) is 0 Å². The fourth-order valence-electron chi connectivity index (χ4n) is 2.50. The van der Waals surface area contributed by atoms with Crippen LogP contribution in [-0.2, 0) is 5.72 Å². The number of hydrazone groups is 1. The Bertz CT molecular complexity index is 660. The molecule has 1 aromatic carbocycles. The first kappa shape index (κ1) is 15.4.